The summed E-state index contributed by atoms with van der Waals surface area (Å²) in [6, 6.07) is 22.1. The van der Waals surface area contributed by atoms with Crippen LogP contribution in [-0.2, 0) is 11.3 Å². The second-order valence-electron chi connectivity index (χ2n) is 6.76. The quantitative estimate of drug-likeness (QED) is 0.399. The lowest BCUT2D eigenvalue weighted by atomic mass is 9.99. The van der Waals surface area contributed by atoms with Gasteiger partial charge in [0.15, 0.2) is 0 Å². The number of rotatable bonds is 4. The molecule has 1 fully saturated rings. The molecule has 0 radical (unpaired) electrons. The van der Waals surface area contributed by atoms with E-state index in [2.05, 4.69) is 6.07 Å². The van der Waals surface area contributed by atoms with Crippen LogP contribution in [0.2, 0.25) is 10.0 Å². The minimum Gasteiger partial charge on any atom is -0.268 e. The molecule has 1 saturated heterocycles. The van der Waals surface area contributed by atoms with E-state index < -0.39 is 0 Å². The van der Waals surface area contributed by atoms with E-state index in [1.807, 2.05) is 42.5 Å². The predicted molar refractivity (Wildman–Crippen MR) is 125 cm³/mol. The highest BCUT2D eigenvalue weighted by molar-refractivity contribution is 8.18. The summed E-state index contributed by atoms with van der Waals surface area (Å²) in [5.41, 5.74) is 3.63. The maximum absolute atomic E-state index is 12.8. The number of hydrogen-bond donors (Lipinski definition) is 0. The smallest absolute Gasteiger partial charge is 0.268 e. The van der Waals surface area contributed by atoms with Crippen LogP contribution in [0.3, 0.4) is 0 Å². The first-order valence-electron chi connectivity index (χ1n) is 9.26. The van der Waals surface area contributed by atoms with Crippen LogP contribution in [0.5, 0.6) is 0 Å². The Morgan fingerprint density at radius 2 is 1.61 bits per heavy atom. The first-order chi connectivity index (χ1) is 15.0. The largest absolute Gasteiger partial charge is 0.293 e. The number of amides is 2. The van der Waals surface area contributed by atoms with Crippen molar-refractivity contribution in [3.8, 4) is 17.2 Å². The van der Waals surface area contributed by atoms with E-state index in [0.717, 1.165) is 28.5 Å². The molecule has 0 spiro atoms. The molecule has 0 bridgehead atoms. The molecule has 0 aliphatic carbocycles. The van der Waals surface area contributed by atoms with Crippen LogP contribution >= 0.6 is 35.0 Å². The van der Waals surface area contributed by atoms with Gasteiger partial charge in [0.05, 0.1) is 23.1 Å². The summed E-state index contributed by atoms with van der Waals surface area (Å²) >= 11 is 13.2. The molecule has 4 nitrogen and oxygen atoms in total. The van der Waals surface area contributed by atoms with Gasteiger partial charge < -0.3 is 0 Å². The summed E-state index contributed by atoms with van der Waals surface area (Å²) in [6.45, 7) is 0.151. The summed E-state index contributed by atoms with van der Waals surface area (Å²) in [5, 5.41) is 9.76. The zero-order valence-electron chi connectivity index (χ0n) is 16.0. The summed E-state index contributed by atoms with van der Waals surface area (Å²) in [4.78, 5) is 26.7. The Morgan fingerprint density at radius 1 is 0.935 bits per heavy atom. The van der Waals surface area contributed by atoms with Crippen LogP contribution in [0.15, 0.2) is 71.6 Å². The van der Waals surface area contributed by atoms with Crippen molar-refractivity contribution in [2.75, 3.05) is 0 Å². The Bertz CT molecular complexity index is 1240. The lowest BCUT2D eigenvalue weighted by Gasteiger charge is -2.13. The van der Waals surface area contributed by atoms with Gasteiger partial charge in [-0.1, -0.05) is 71.7 Å². The molecule has 0 atom stereocenters. The van der Waals surface area contributed by atoms with Crippen molar-refractivity contribution in [2.45, 2.75) is 6.54 Å². The molecule has 31 heavy (non-hydrogen) atoms. The topological polar surface area (TPSA) is 61.2 Å². The standard InChI is InChI=1S/C24H14Cl2N2O2S/c25-20-6-3-7-21(26)19(20)12-22-23(29)28(24(30)31-22)14-15-8-10-16(11-9-15)18-5-2-1-4-17(18)13-27/h1-12H,14H2/b22-12-. The van der Waals surface area contributed by atoms with Gasteiger partial charge in [0, 0.05) is 15.6 Å². The average Bonchev–Trinajstić information content (AvgIpc) is 3.04. The van der Waals surface area contributed by atoms with Crippen LogP contribution in [0, 0.1) is 11.3 Å². The normalized spacial score (nSPS) is 14.9. The fourth-order valence-corrected chi connectivity index (χ4v) is 4.55. The number of carbonyl (C=O) groups excluding carboxylic acids is 2. The third kappa shape index (κ3) is 4.38. The summed E-state index contributed by atoms with van der Waals surface area (Å²) in [7, 11) is 0. The number of nitrogens with zero attached hydrogens (tertiary/aromatic N) is 2. The molecule has 1 aliphatic rings. The molecular weight excluding hydrogens is 451 g/mol. The molecule has 0 unspecified atom stereocenters. The van der Waals surface area contributed by atoms with Crippen molar-refractivity contribution in [2.24, 2.45) is 0 Å². The second-order valence-corrected chi connectivity index (χ2v) is 8.57. The van der Waals surface area contributed by atoms with Gasteiger partial charge in [-0.3, -0.25) is 14.5 Å². The van der Waals surface area contributed by atoms with Crippen LogP contribution in [-0.4, -0.2) is 16.0 Å². The average molecular weight is 465 g/mol. The van der Waals surface area contributed by atoms with Crippen molar-refractivity contribution < 1.29 is 9.59 Å². The Morgan fingerprint density at radius 3 is 2.29 bits per heavy atom. The lowest BCUT2D eigenvalue weighted by molar-refractivity contribution is -0.123. The van der Waals surface area contributed by atoms with Gasteiger partial charge in [0.2, 0.25) is 0 Å². The van der Waals surface area contributed by atoms with Gasteiger partial charge in [0.1, 0.15) is 0 Å². The van der Waals surface area contributed by atoms with Crippen molar-refractivity contribution >= 4 is 52.2 Å². The zero-order valence-corrected chi connectivity index (χ0v) is 18.3. The predicted octanol–water partition coefficient (Wildman–Crippen LogP) is 6.77. The Balaban J connectivity index is 1.55. The van der Waals surface area contributed by atoms with Gasteiger partial charge in [-0.05, 0) is 52.7 Å². The van der Waals surface area contributed by atoms with Crippen molar-refractivity contribution in [1.82, 2.24) is 4.90 Å². The van der Waals surface area contributed by atoms with Gasteiger partial charge in [0.25, 0.3) is 11.1 Å². The number of halogens is 2. The van der Waals surface area contributed by atoms with Crippen LogP contribution < -0.4 is 0 Å². The van der Waals surface area contributed by atoms with Crippen LogP contribution in [0.4, 0.5) is 4.79 Å². The van der Waals surface area contributed by atoms with Crippen molar-refractivity contribution in [1.29, 1.82) is 5.26 Å². The van der Waals surface area contributed by atoms with Gasteiger partial charge in [-0.25, -0.2) is 0 Å². The number of imide groups is 1. The van der Waals surface area contributed by atoms with Gasteiger partial charge in [-0.15, -0.1) is 0 Å². The van der Waals surface area contributed by atoms with Crippen LogP contribution in [0.25, 0.3) is 17.2 Å². The molecule has 3 aromatic rings. The van der Waals surface area contributed by atoms with E-state index in [4.69, 9.17) is 23.2 Å². The zero-order chi connectivity index (χ0) is 22.0. The Labute approximate surface area is 193 Å². The summed E-state index contributed by atoms with van der Waals surface area (Å²) < 4.78 is 0. The van der Waals surface area contributed by atoms with E-state index in [0.29, 0.717) is 21.2 Å². The number of thioether (sulfide) groups is 1. The van der Waals surface area contributed by atoms with E-state index in [-0.39, 0.29) is 22.6 Å². The number of nitriles is 1. The van der Waals surface area contributed by atoms with E-state index in [1.165, 1.54) is 4.90 Å². The minimum absolute atomic E-state index is 0.151. The fourth-order valence-electron chi connectivity index (χ4n) is 3.22. The maximum Gasteiger partial charge on any atom is 0.293 e. The minimum atomic E-state index is -0.384. The van der Waals surface area contributed by atoms with E-state index in [1.54, 1.807) is 30.3 Å². The lowest BCUT2D eigenvalue weighted by Crippen LogP contribution is -2.27. The number of carbonyl (C=O) groups is 2. The molecule has 3 aromatic carbocycles. The SMILES string of the molecule is N#Cc1ccccc1-c1ccc(CN2C(=O)S/C(=C\c3c(Cl)cccc3Cl)C2=O)cc1. The molecule has 0 aromatic heterocycles. The number of benzene rings is 3. The maximum atomic E-state index is 12.8. The van der Waals surface area contributed by atoms with Crippen molar-refractivity contribution in [3.63, 3.8) is 0 Å². The third-order valence-electron chi connectivity index (χ3n) is 4.80. The summed E-state index contributed by atoms with van der Waals surface area (Å²) in [5.74, 6) is -0.384. The van der Waals surface area contributed by atoms with Gasteiger partial charge >= 0.3 is 0 Å². The molecule has 152 valence electrons. The monoisotopic (exact) mass is 464 g/mol. The van der Waals surface area contributed by atoms with Gasteiger partial charge in [-0.2, -0.15) is 5.26 Å². The van der Waals surface area contributed by atoms with Crippen molar-refractivity contribution in [3.05, 3.63) is 98.4 Å². The number of hydrogen-bond acceptors (Lipinski definition) is 4. The molecule has 1 heterocycles. The first kappa shape index (κ1) is 21.2. The van der Waals surface area contributed by atoms with Crippen LogP contribution in [0.1, 0.15) is 16.7 Å². The molecule has 0 saturated carbocycles. The highest BCUT2D eigenvalue weighted by Crippen LogP contribution is 2.36. The Kier molecular flexibility index (Phi) is 6.15. The third-order valence-corrected chi connectivity index (χ3v) is 6.37. The second kappa shape index (κ2) is 8.99. The molecule has 7 heteroatoms. The Hall–Kier alpha value is -3.04. The van der Waals surface area contributed by atoms with E-state index >= 15 is 0 Å². The molecule has 0 N–H and O–H groups in total. The highest BCUT2D eigenvalue weighted by atomic mass is 35.5. The van der Waals surface area contributed by atoms with E-state index in [9.17, 15) is 14.9 Å². The molecule has 1 aliphatic heterocycles. The molecule has 4 rings (SSSR count). The highest BCUT2D eigenvalue weighted by Gasteiger charge is 2.35. The fraction of sp³-hybridized carbons (Fsp3) is 0.0417. The molecular formula is C24H14Cl2N2O2S. The summed E-state index contributed by atoms with van der Waals surface area (Å²) in [6.07, 6.45) is 1.55. The first-order valence-corrected chi connectivity index (χ1v) is 10.8. The molecule has 2 amide bonds.